The first kappa shape index (κ1) is 18.4. The molecule has 6 heteroatoms. The highest BCUT2D eigenvalue weighted by Crippen LogP contribution is 2.37. The summed E-state index contributed by atoms with van der Waals surface area (Å²) < 4.78 is 5.74. The summed E-state index contributed by atoms with van der Waals surface area (Å²) in [5, 5.41) is 3.28. The number of benzene rings is 1. The lowest BCUT2D eigenvalue weighted by molar-refractivity contribution is 0.0730. The van der Waals surface area contributed by atoms with E-state index in [1.807, 2.05) is 66.1 Å². The summed E-state index contributed by atoms with van der Waals surface area (Å²) >= 11 is 0. The molecule has 2 N–H and O–H groups in total. The molecule has 1 amide bonds. The largest absolute Gasteiger partial charge is 0.491 e. The van der Waals surface area contributed by atoms with E-state index in [0.29, 0.717) is 5.69 Å². The third kappa shape index (κ3) is 3.55. The van der Waals surface area contributed by atoms with E-state index in [9.17, 15) is 4.79 Å². The Kier molecular flexibility index (Phi) is 4.96. The van der Waals surface area contributed by atoms with Gasteiger partial charge in [0.2, 0.25) is 0 Å². The molecule has 0 spiro atoms. The zero-order valence-electron chi connectivity index (χ0n) is 16.4. The van der Waals surface area contributed by atoms with E-state index in [1.54, 1.807) is 0 Å². The van der Waals surface area contributed by atoms with Crippen LogP contribution in [0.1, 0.15) is 29.9 Å². The molecule has 146 valence electrons. The lowest BCUT2D eigenvalue weighted by Crippen LogP contribution is -2.46. The van der Waals surface area contributed by atoms with Crippen molar-refractivity contribution in [3.05, 3.63) is 59.9 Å². The normalized spacial score (nSPS) is 16.5. The van der Waals surface area contributed by atoms with Gasteiger partial charge in [0, 0.05) is 43.1 Å². The van der Waals surface area contributed by atoms with Crippen LogP contribution in [0.5, 0.6) is 5.75 Å². The van der Waals surface area contributed by atoms with Crippen LogP contribution < -0.4 is 15.0 Å². The number of nitrogens with zero attached hydrogens (tertiary/aromatic N) is 2. The summed E-state index contributed by atoms with van der Waals surface area (Å²) in [5.41, 5.74) is 3.40. The third-order valence-electron chi connectivity index (χ3n) is 4.89. The average Bonchev–Trinajstić information content (AvgIpc) is 3.12. The lowest BCUT2D eigenvalue weighted by Gasteiger charge is -2.28. The smallest absolute Gasteiger partial charge is 0.270 e. The van der Waals surface area contributed by atoms with Gasteiger partial charge in [-0.05, 0) is 56.3 Å². The number of carbonyl (C=O) groups excluding carboxylic acids is 1. The Labute approximate surface area is 165 Å². The topological polar surface area (TPSA) is 60.6 Å². The maximum atomic E-state index is 12.9. The number of hydrogen-bond donors (Lipinski definition) is 2. The number of anilines is 2. The van der Waals surface area contributed by atoms with Crippen molar-refractivity contribution < 1.29 is 9.53 Å². The molecular formula is C22H26N4O2. The Morgan fingerprint density at radius 1 is 1.14 bits per heavy atom. The second-order valence-corrected chi connectivity index (χ2v) is 7.35. The Morgan fingerprint density at radius 2 is 1.86 bits per heavy atom. The molecule has 1 fully saturated rings. The molecule has 3 heterocycles. The molecule has 2 aliphatic heterocycles. The second kappa shape index (κ2) is 7.56. The molecule has 0 saturated carbocycles. The molecule has 0 atom stereocenters. The summed E-state index contributed by atoms with van der Waals surface area (Å²) in [6.45, 7) is 11.3. The number of rotatable bonds is 4. The molecule has 6 nitrogen and oxygen atoms in total. The number of allylic oxidation sites excluding steroid dienone is 1. The molecule has 1 aromatic carbocycles. The van der Waals surface area contributed by atoms with Crippen molar-refractivity contribution in [1.29, 1.82) is 0 Å². The van der Waals surface area contributed by atoms with Gasteiger partial charge in [0.25, 0.3) is 5.91 Å². The zero-order valence-corrected chi connectivity index (χ0v) is 16.4. The van der Waals surface area contributed by atoms with Gasteiger partial charge in [0.1, 0.15) is 17.3 Å². The fourth-order valence-electron chi connectivity index (χ4n) is 3.57. The van der Waals surface area contributed by atoms with Crippen molar-refractivity contribution in [1.82, 2.24) is 15.2 Å². The monoisotopic (exact) mass is 378 g/mol. The van der Waals surface area contributed by atoms with E-state index in [1.165, 1.54) is 0 Å². The molecule has 28 heavy (non-hydrogen) atoms. The second-order valence-electron chi connectivity index (χ2n) is 7.35. The van der Waals surface area contributed by atoms with Crippen molar-refractivity contribution in [3.63, 3.8) is 0 Å². The molecule has 2 aromatic rings. The van der Waals surface area contributed by atoms with Gasteiger partial charge in [0.15, 0.2) is 0 Å². The molecule has 0 aliphatic carbocycles. The lowest BCUT2D eigenvalue weighted by atomic mass is 10.1. The van der Waals surface area contributed by atoms with Crippen LogP contribution in [0.25, 0.3) is 6.08 Å². The number of piperazine rings is 1. The first-order chi connectivity index (χ1) is 13.5. The van der Waals surface area contributed by atoms with Gasteiger partial charge in [-0.1, -0.05) is 6.58 Å². The highest BCUT2D eigenvalue weighted by atomic mass is 16.5. The predicted molar refractivity (Wildman–Crippen MR) is 112 cm³/mol. The van der Waals surface area contributed by atoms with Crippen LogP contribution in [0.2, 0.25) is 0 Å². The standard InChI is InChI=1S/C22H26N4O2/c1-15(2)28-19-8-6-18(7-9-19)26-16(3)4-5-17-14-20(24-21(17)26)22(27)25-12-10-23-11-13-25/h4-9,14-15,23-24H,3,10-13H2,1-2H3. The maximum absolute atomic E-state index is 12.9. The Balaban J connectivity index is 1.62. The number of aromatic nitrogens is 1. The van der Waals surface area contributed by atoms with Crippen LogP contribution in [0.15, 0.2) is 48.7 Å². The highest BCUT2D eigenvalue weighted by Gasteiger charge is 2.25. The van der Waals surface area contributed by atoms with Gasteiger partial charge in [-0.15, -0.1) is 0 Å². The van der Waals surface area contributed by atoms with E-state index in [0.717, 1.165) is 54.7 Å². The van der Waals surface area contributed by atoms with Crippen molar-refractivity contribution in [2.75, 3.05) is 31.1 Å². The SMILES string of the molecule is C=C1C=Cc2cc(C(=O)N3CCNCC3)[nH]c2N1c1ccc(OC(C)C)cc1. The van der Waals surface area contributed by atoms with Crippen LogP contribution in [0.3, 0.4) is 0 Å². The number of fused-ring (bicyclic) bond motifs is 1. The van der Waals surface area contributed by atoms with Crippen LogP contribution in [0, 0.1) is 0 Å². The molecule has 1 aromatic heterocycles. The van der Waals surface area contributed by atoms with Gasteiger partial charge < -0.3 is 19.9 Å². The molecule has 1 saturated heterocycles. The number of amides is 1. The summed E-state index contributed by atoms with van der Waals surface area (Å²) in [4.78, 5) is 20.1. The third-order valence-corrected chi connectivity index (χ3v) is 4.89. The van der Waals surface area contributed by atoms with Crippen molar-refractivity contribution in [3.8, 4) is 5.75 Å². The fourth-order valence-corrected chi connectivity index (χ4v) is 3.57. The van der Waals surface area contributed by atoms with Crippen LogP contribution >= 0.6 is 0 Å². The molecule has 4 rings (SSSR count). The number of ether oxygens (including phenoxy) is 1. The quantitative estimate of drug-likeness (QED) is 0.855. The van der Waals surface area contributed by atoms with Gasteiger partial charge in [-0.2, -0.15) is 0 Å². The molecule has 0 unspecified atom stereocenters. The number of aromatic amines is 1. The first-order valence-electron chi connectivity index (χ1n) is 9.70. The number of nitrogens with one attached hydrogen (secondary N) is 2. The molecule has 0 radical (unpaired) electrons. The predicted octanol–water partition coefficient (Wildman–Crippen LogP) is 3.53. The number of H-pyrrole nitrogens is 1. The molecule has 2 aliphatic rings. The summed E-state index contributed by atoms with van der Waals surface area (Å²) in [7, 11) is 0. The van der Waals surface area contributed by atoms with E-state index >= 15 is 0 Å². The van der Waals surface area contributed by atoms with E-state index < -0.39 is 0 Å². The zero-order chi connectivity index (χ0) is 19.7. The van der Waals surface area contributed by atoms with Gasteiger partial charge in [-0.25, -0.2) is 0 Å². The van der Waals surface area contributed by atoms with Crippen molar-refractivity contribution >= 4 is 23.5 Å². The highest BCUT2D eigenvalue weighted by molar-refractivity contribution is 5.96. The first-order valence-corrected chi connectivity index (χ1v) is 9.70. The van der Waals surface area contributed by atoms with Gasteiger partial charge in [0.05, 0.1) is 6.10 Å². The Hall–Kier alpha value is -2.99. The minimum absolute atomic E-state index is 0.0375. The Morgan fingerprint density at radius 3 is 2.54 bits per heavy atom. The summed E-state index contributed by atoms with van der Waals surface area (Å²) in [6, 6.07) is 9.84. The summed E-state index contributed by atoms with van der Waals surface area (Å²) in [6.07, 6.45) is 4.09. The minimum atomic E-state index is 0.0375. The van der Waals surface area contributed by atoms with Crippen molar-refractivity contribution in [2.24, 2.45) is 0 Å². The van der Waals surface area contributed by atoms with Gasteiger partial charge in [-0.3, -0.25) is 9.69 Å². The number of hydrogen-bond acceptors (Lipinski definition) is 4. The maximum Gasteiger partial charge on any atom is 0.270 e. The van der Waals surface area contributed by atoms with Crippen LogP contribution in [0.4, 0.5) is 11.5 Å². The van der Waals surface area contributed by atoms with Crippen LogP contribution in [-0.2, 0) is 0 Å². The van der Waals surface area contributed by atoms with E-state index in [2.05, 4.69) is 16.9 Å². The molecule has 0 bridgehead atoms. The summed E-state index contributed by atoms with van der Waals surface area (Å²) in [5.74, 6) is 1.73. The number of carbonyl (C=O) groups is 1. The molecular weight excluding hydrogens is 352 g/mol. The Bertz CT molecular complexity index is 905. The minimum Gasteiger partial charge on any atom is -0.491 e. The van der Waals surface area contributed by atoms with Gasteiger partial charge >= 0.3 is 0 Å². The average molecular weight is 378 g/mol. The van der Waals surface area contributed by atoms with E-state index in [4.69, 9.17) is 4.74 Å². The van der Waals surface area contributed by atoms with E-state index in [-0.39, 0.29) is 12.0 Å². The van der Waals surface area contributed by atoms with Crippen molar-refractivity contribution in [2.45, 2.75) is 20.0 Å². The fraction of sp³-hybridized carbons (Fsp3) is 0.318. The van der Waals surface area contributed by atoms with Crippen LogP contribution in [-0.4, -0.2) is 48.1 Å².